The van der Waals surface area contributed by atoms with Gasteiger partial charge in [-0.25, -0.2) is 9.19 Å². The SMILES string of the molecule is Cc1cccc(CCC(=O)N[C@@H](Cc2ccc(NS(=O)O)cc2)c2csc(-c3cccs3)n2)c1. The van der Waals surface area contributed by atoms with Crippen LogP contribution in [0.15, 0.2) is 71.4 Å². The average molecular weight is 512 g/mol. The molecule has 2 heterocycles. The number of carbonyl (C=O) groups is 1. The second-order valence-corrected chi connectivity index (χ2v) is 10.4. The predicted octanol–water partition coefficient (Wildman–Crippen LogP) is 5.76. The first-order chi connectivity index (χ1) is 16.5. The number of benzene rings is 2. The van der Waals surface area contributed by atoms with Crippen LogP contribution in [0.5, 0.6) is 0 Å². The fourth-order valence-electron chi connectivity index (χ4n) is 3.63. The van der Waals surface area contributed by atoms with Crippen molar-refractivity contribution in [2.24, 2.45) is 0 Å². The van der Waals surface area contributed by atoms with Gasteiger partial charge < -0.3 is 5.32 Å². The van der Waals surface area contributed by atoms with Crippen molar-refractivity contribution in [2.45, 2.75) is 32.2 Å². The predicted molar refractivity (Wildman–Crippen MR) is 140 cm³/mol. The Hall–Kier alpha value is -2.85. The van der Waals surface area contributed by atoms with E-state index in [1.807, 2.05) is 60.1 Å². The molecule has 2 atom stereocenters. The number of rotatable bonds is 10. The molecule has 4 rings (SSSR count). The minimum Gasteiger partial charge on any atom is -0.347 e. The maximum absolute atomic E-state index is 12.9. The van der Waals surface area contributed by atoms with E-state index in [2.05, 4.69) is 16.1 Å². The van der Waals surface area contributed by atoms with Gasteiger partial charge in [0.05, 0.1) is 16.6 Å². The van der Waals surface area contributed by atoms with Gasteiger partial charge in [-0.05, 0) is 54.5 Å². The summed E-state index contributed by atoms with van der Waals surface area (Å²) in [5, 5.41) is 8.14. The van der Waals surface area contributed by atoms with Gasteiger partial charge in [-0.15, -0.1) is 22.7 Å². The summed E-state index contributed by atoms with van der Waals surface area (Å²) < 4.78 is 22.4. The van der Waals surface area contributed by atoms with Gasteiger partial charge in [0.15, 0.2) is 0 Å². The fourth-order valence-corrected chi connectivity index (χ4v) is 5.65. The first-order valence-electron chi connectivity index (χ1n) is 10.8. The molecule has 0 aliphatic rings. The van der Waals surface area contributed by atoms with Crippen LogP contribution >= 0.6 is 22.7 Å². The van der Waals surface area contributed by atoms with Crippen LogP contribution in [-0.2, 0) is 28.9 Å². The minimum atomic E-state index is -2.12. The van der Waals surface area contributed by atoms with E-state index < -0.39 is 11.3 Å². The quantitative estimate of drug-likeness (QED) is 0.236. The van der Waals surface area contributed by atoms with Crippen LogP contribution in [0.4, 0.5) is 5.69 Å². The lowest BCUT2D eigenvalue weighted by molar-refractivity contribution is -0.121. The molecule has 0 saturated heterocycles. The molecule has 6 nitrogen and oxygen atoms in total. The summed E-state index contributed by atoms with van der Waals surface area (Å²) in [5.74, 6) is -0.0221. The molecule has 0 fully saturated rings. The van der Waals surface area contributed by atoms with E-state index in [1.54, 1.807) is 34.8 Å². The Labute approximate surface area is 209 Å². The summed E-state index contributed by atoms with van der Waals surface area (Å²) in [6.07, 6.45) is 1.63. The second kappa shape index (κ2) is 11.5. The summed E-state index contributed by atoms with van der Waals surface area (Å²) in [5.41, 5.74) is 4.70. The molecule has 0 spiro atoms. The fraction of sp³-hybridized carbons (Fsp3) is 0.200. The van der Waals surface area contributed by atoms with Gasteiger partial charge in [-0.2, -0.15) is 0 Å². The second-order valence-electron chi connectivity index (χ2n) is 7.92. The lowest BCUT2D eigenvalue weighted by Crippen LogP contribution is -2.30. The molecule has 9 heteroatoms. The third-order valence-corrected chi connectivity index (χ3v) is 7.58. The minimum absolute atomic E-state index is 0.0221. The molecule has 1 amide bonds. The zero-order chi connectivity index (χ0) is 23.9. The summed E-state index contributed by atoms with van der Waals surface area (Å²) in [6.45, 7) is 2.05. The largest absolute Gasteiger partial charge is 0.347 e. The molecular formula is C25H25N3O3S3. The molecule has 0 aliphatic heterocycles. The van der Waals surface area contributed by atoms with Crippen molar-refractivity contribution in [2.75, 3.05) is 4.72 Å². The van der Waals surface area contributed by atoms with Crippen molar-refractivity contribution < 1.29 is 13.6 Å². The Kier molecular flexibility index (Phi) is 8.23. The van der Waals surface area contributed by atoms with Crippen molar-refractivity contribution in [1.29, 1.82) is 0 Å². The van der Waals surface area contributed by atoms with E-state index in [9.17, 15) is 9.00 Å². The van der Waals surface area contributed by atoms with Crippen LogP contribution in [0.25, 0.3) is 9.88 Å². The third kappa shape index (κ3) is 6.83. The number of carbonyl (C=O) groups excluding carboxylic acids is 1. The molecule has 0 radical (unpaired) electrons. The van der Waals surface area contributed by atoms with Crippen LogP contribution in [0.1, 0.15) is 34.8 Å². The Morgan fingerprint density at radius 2 is 1.91 bits per heavy atom. The number of thiazole rings is 1. The normalized spacial score (nSPS) is 12.8. The third-order valence-electron chi connectivity index (χ3n) is 5.27. The van der Waals surface area contributed by atoms with Gasteiger partial charge in [-0.3, -0.25) is 14.1 Å². The van der Waals surface area contributed by atoms with Crippen molar-refractivity contribution in [3.05, 3.63) is 93.8 Å². The molecule has 3 N–H and O–H groups in total. The molecule has 1 unspecified atom stereocenters. The Morgan fingerprint density at radius 3 is 2.62 bits per heavy atom. The van der Waals surface area contributed by atoms with Crippen molar-refractivity contribution in [1.82, 2.24) is 10.3 Å². The van der Waals surface area contributed by atoms with Crippen LogP contribution < -0.4 is 10.0 Å². The molecule has 0 bridgehead atoms. The lowest BCUT2D eigenvalue weighted by Gasteiger charge is -2.18. The van der Waals surface area contributed by atoms with Gasteiger partial charge in [0.2, 0.25) is 5.91 Å². The highest BCUT2D eigenvalue weighted by molar-refractivity contribution is 7.80. The number of aromatic nitrogens is 1. The average Bonchev–Trinajstić information content (AvgIpc) is 3.50. The van der Waals surface area contributed by atoms with Crippen molar-refractivity contribution in [3.8, 4) is 9.88 Å². The maximum atomic E-state index is 12.9. The van der Waals surface area contributed by atoms with Crippen LogP contribution in [0.2, 0.25) is 0 Å². The van der Waals surface area contributed by atoms with E-state index >= 15 is 0 Å². The van der Waals surface area contributed by atoms with E-state index in [0.29, 0.717) is 24.9 Å². The van der Waals surface area contributed by atoms with E-state index in [1.165, 1.54) is 5.56 Å². The molecule has 2 aromatic carbocycles. The molecule has 0 aliphatic carbocycles. The molecule has 0 saturated carbocycles. The summed E-state index contributed by atoms with van der Waals surface area (Å²) >= 11 is 1.09. The summed E-state index contributed by atoms with van der Waals surface area (Å²) in [6, 6.07) is 19.2. The van der Waals surface area contributed by atoms with Crippen molar-refractivity contribution in [3.63, 3.8) is 0 Å². The number of aryl methyl sites for hydroxylation is 2. The Balaban J connectivity index is 1.49. The van der Waals surface area contributed by atoms with Gasteiger partial charge in [-0.1, -0.05) is 48.0 Å². The number of hydrogen-bond donors (Lipinski definition) is 3. The first-order valence-corrected chi connectivity index (χ1v) is 13.6. The highest BCUT2D eigenvalue weighted by Crippen LogP contribution is 2.31. The Morgan fingerprint density at radius 1 is 1.09 bits per heavy atom. The van der Waals surface area contributed by atoms with E-state index in [4.69, 9.17) is 9.54 Å². The number of thiophene rings is 1. The van der Waals surface area contributed by atoms with E-state index in [0.717, 1.165) is 26.7 Å². The van der Waals surface area contributed by atoms with Gasteiger partial charge in [0.25, 0.3) is 11.3 Å². The molecule has 2 aromatic heterocycles. The molecule has 34 heavy (non-hydrogen) atoms. The standard InChI is InChI=1S/C25H25N3O3S3/c1-17-4-2-5-18(14-17)9-12-24(29)26-21(15-19-7-10-20(11-8-19)28-34(30)31)22-16-33-25(27-22)23-6-3-13-32-23/h2-8,10-11,13-14,16,21,28H,9,12,15H2,1H3,(H,26,29)(H,30,31)/t21-/m0/s1. The highest BCUT2D eigenvalue weighted by Gasteiger charge is 2.19. The van der Waals surface area contributed by atoms with Gasteiger partial charge >= 0.3 is 0 Å². The van der Waals surface area contributed by atoms with Gasteiger partial charge in [0.1, 0.15) is 5.01 Å². The number of hydrogen-bond acceptors (Lipinski definition) is 5. The first kappa shape index (κ1) is 24.3. The lowest BCUT2D eigenvalue weighted by atomic mass is 10.0. The molecule has 4 aromatic rings. The highest BCUT2D eigenvalue weighted by atomic mass is 32.2. The Bertz CT molecular complexity index is 1250. The monoisotopic (exact) mass is 511 g/mol. The summed E-state index contributed by atoms with van der Waals surface area (Å²) in [7, 11) is 0. The number of amides is 1. The number of nitrogens with one attached hydrogen (secondary N) is 2. The van der Waals surface area contributed by atoms with Crippen molar-refractivity contribution >= 4 is 45.5 Å². The molecule has 176 valence electrons. The van der Waals surface area contributed by atoms with E-state index in [-0.39, 0.29) is 11.9 Å². The van der Waals surface area contributed by atoms with Crippen LogP contribution in [0.3, 0.4) is 0 Å². The molecular weight excluding hydrogens is 486 g/mol. The van der Waals surface area contributed by atoms with Crippen LogP contribution in [-0.4, -0.2) is 19.7 Å². The topological polar surface area (TPSA) is 91.3 Å². The summed E-state index contributed by atoms with van der Waals surface area (Å²) in [4.78, 5) is 18.8. The zero-order valence-corrected chi connectivity index (χ0v) is 21.0. The maximum Gasteiger partial charge on any atom is 0.259 e. The smallest absolute Gasteiger partial charge is 0.259 e. The van der Waals surface area contributed by atoms with Gasteiger partial charge in [0, 0.05) is 17.5 Å². The number of nitrogens with zero attached hydrogens (tertiary/aromatic N) is 1. The number of anilines is 1. The van der Waals surface area contributed by atoms with Crippen LogP contribution in [0, 0.1) is 6.92 Å². The zero-order valence-electron chi connectivity index (χ0n) is 18.6.